The summed E-state index contributed by atoms with van der Waals surface area (Å²) in [6, 6.07) is 52.9. The summed E-state index contributed by atoms with van der Waals surface area (Å²) in [7, 11) is 0. The van der Waals surface area contributed by atoms with Crippen LogP contribution in [0.1, 0.15) is 4.11 Å². The molecule has 0 atom stereocenters. The number of hydrogen-bond donors (Lipinski definition) is 0. The molecule has 51 heavy (non-hydrogen) atoms. The molecule has 0 unspecified atom stereocenters. The summed E-state index contributed by atoms with van der Waals surface area (Å²) in [5.41, 5.74) is 5.38. The molecular formula is C50H28O. The molecule has 0 spiro atoms. The van der Waals surface area contributed by atoms with E-state index in [1.165, 1.54) is 10.8 Å². The van der Waals surface area contributed by atoms with E-state index in [9.17, 15) is 4.11 Å². The Kier molecular flexibility index (Phi) is 4.76. The lowest BCUT2D eigenvalue weighted by Crippen LogP contribution is -1.91. The van der Waals surface area contributed by atoms with Gasteiger partial charge >= 0.3 is 0 Å². The Labute approximate surface area is 297 Å². The van der Waals surface area contributed by atoms with Crippen molar-refractivity contribution in [2.75, 3.05) is 0 Å². The maximum absolute atomic E-state index is 10.1. The van der Waals surface area contributed by atoms with Gasteiger partial charge in [-0.2, -0.15) is 0 Å². The van der Waals surface area contributed by atoms with E-state index in [0.29, 0.717) is 22.3 Å². The number of hydrogen-bond acceptors (Lipinski definition) is 1. The van der Waals surface area contributed by atoms with Crippen LogP contribution in [0.4, 0.5) is 0 Å². The van der Waals surface area contributed by atoms with Crippen molar-refractivity contribution in [3.8, 4) is 33.4 Å². The lowest BCUT2D eigenvalue weighted by molar-refractivity contribution is 0.669. The Morgan fingerprint density at radius 1 is 0.314 bits per heavy atom. The van der Waals surface area contributed by atoms with Crippen molar-refractivity contribution in [1.29, 1.82) is 0 Å². The summed E-state index contributed by atoms with van der Waals surface area (Å²) in [5, 5.41) is 15.5. The van der Waals surface area contributed by atoms with Crippen LogP contribution >= 0.6 is 0 Å². The Morgan fingerprint density at radius 2 is 0.765 bits per heavy atom. The minimum atomic E-state index is 0.164. The first-order valence-corrected chi connectivity index (χ1v) is 17.4. The van der Waals surface area contributed by atoms with E-state index in [0.717, 1.165) is 86.9 Å². The zero-order chi connectivity index (χ0) is 35.8. The zero-order valence-corrected chi connectivity index (χ0v) is 27.3. The molecule has 0 N–H and O–H groups in total. The standard InChI is InChI=1S/C50H28O/c1-2-10-45-41(9-1)42-22-19-35(28-46(42)51-45)36-25-37(39-20-15-33-13-11-29-5-3-7-31-17-23-43(39)49(33)47(29)31)27-38(26-36)40-21-16-34-14-12-30-6-4-8-32-18-24-44(40)50(34)48(30)32/h1-28H/i25D,26D,27D. The first-order chi connectivity index (χ1) is 26.5. The molecule has 0 saturated carbocycles. The molecule has 1 aromatic heterocycles. The van der Waals surface area contributed by atoms with Crippen LogP contribution in [0.2, 0.25) is 0 Å². The van der Waals surface area contributed by atoms with Gasteiger partial charge in [-0.1, -0.05) is 133 Å². The van der Waals surface area contributed by atoms with Crippen molar-refractivity contribution in [2.45, 2.75) is 0 Å². The van der Waals surface area contributed by atoms with Gasteiger partial charge in [0.2, 0.25) is 0 Å². The Morgan fingerprint density at radius 3 is 1.35 bits per heavy atom. The van der Waals surface area contributed by atoms with Crippen LogP contribution in [0, 0.1) is 0 Å². The van der Waals surface area contributed by atoms with Gasteiger partial charge in [0.25, 0.3) is 0 Å². The van der Waals surface area contributed by atoms with Gasteiger partial charge in [0.15, 0.2) is 0 Å². The molecule has 1 heteroatoms. The molecule has 1 heterocycles. The molecule has 0 saturated heterocycles. The topological polar surface area (TPSA) is 13.1 Å². The summed E-state index contributed by atoms with van der Waals surface area (Å²) < 4.78 is 36.4. The largest absolute Gasteiger partial charge is 0.456 e. The number of furan rings is 1. The third kappa shape index (κ3) is 3.81. The first kappa shape index (κ1) is 24.4. The van der Waals surface area contributed by atoms with Crippen LogP contribution < -0.4 is 0 Å². The van der Waals surface area contributed by atoms with Gasteiger partial charge in [0, 0.05) is 10.8 Å². The van der Waals surface area contributed by atoms with E-state index < -0.39 is 0 Å². The Balaban J connectivity index is 1.22. The van der Waals surface area contributed by atoms with E-state index in [4.69, 9.17) is 4.42 Å². The lowest BCUT2D eigenvalue weighted by atomic mass is 9.86. The van der Waals surface area contributed by atoms with E-state index >= 15 is 0 Å². The number of fused-ring (bicyclic) bond motifs is 3. The molecule has 12 aromatic rings. The SMILES string of the molecule is [2H]c1c(-c2ccc3c(c2)oc2ccccc23)c([2H])c(-c2ccc3ccc4cccc5ccc2c3c45)c([2H])c1-c1ccc2ccc3cccc4ccc1c2c34. The van der Waals surface area contributed by atoms with Gasteiger partial charge in [-0.3, -0.25) is 0 Å². The van der Waals surface area contributed by atoms with Crippen LogP contribution in [-0.2, 0) is 0 Å². The van der Waals surface area contributed by atoms with Crippen molar-refractivity contribution in [1.82, 2.24) is 0 Å². The third-order valence-corrected chi connectivity index (χ3v) is 11.0. The van der Waals surface area contributed by atoms with Gasteiger partial charge in [-0.25, -0.2) is 0 Å². The van der Waals surface area contributed by atoms with E-state index in [2.05, 4.69) is 115 Å². The summed E-state index contributed by atoms with van der Waals surface area (Å²) >= 11 is 0. The highest BCUT2D eigenvalue weighted by Gasteiger charge is 2.17. The van der Waals surface area contributed by atoms with Gasteiger partial charge in [-0.15, -0.1) is 0 Å². The van der Waals surface area contributed by atoms with Crippen molar-refractivity contribution in [2.24, 2.45) is 0 Å². The van der Waals surface area contributed by atoms with Crippen molar-refractivity contribution < 1.29 is 8.53 Å². The second kappa shape index (κ2) is 9.94. The normalized spacial score (nSPS) is 13.1. The van der Waals surface area contributed by atoms with E-state index in [1.54, 1.807) is 0 Å². The van der Waals surface area contributed by atoms with Crippen molar-refractivity contribution in [3.05, 3.63) is 170 Å². The fraction of sp³-hybridized carbons (Fsp3) is 0. The Bertz CT molecular complexity index is 3330. The quantitative estimate of drug-likeness (QED) is 0.174. The molecular weight excluding hydrogens is 617 g/mol. The van der Waals surface area contributed by atoms with Crippen LogP contribution in [0.25, 0.3) is 120 Å². The number of benzene rings is 11. The average molecular weight is 648 g/mol. The highest BCUT2D eigenvalue weighted by atomic mass is 16.3. The van der Waals surface area contributed by atoms with Crippen molar-refractivity contribution >= 4 is 86.6 Å². The van der Waals surface area contributed by atoms with Crippen LogP contribution in [0.3, 0.4) is 0 Å². The van der Waals surface area contributed by atoms with Gasteiger partial charge < -0.3 is 4.42 Å². The molecule has 234 valence electrons. The predicted molar refractivity (Wildman–Crippen MR) is 217 cm³/mol. The van der Waals surface area contributed by atoms with E-state index in [1.807, 2.05) is 36.4 Å². The van der Waals surface area contributed by atoms with Gasteiger partial charge in [-0.05, 0) is 134 Å². The summed E-state index contributed by atoms with van der Waals surface area (Å²) in [5.74, 6) is 0. The molecule has 0 aliphatic rings. The molecule has 0 fully saturated rings. The smallest absolute Gasteiger partial charge is 0.136 e. The second-order valence-electron chi connectivity index (χ2n) is 13.7. The molecule has 0 aliphatic heterocycles. The minimum Gasteiger partial charge on any atom is -0.456 e. The highest BCUT2D eigenvalue weighted by Crippen LogP contribution is 2.44. The van der Waals surface area contributed by atoms with Gasteiger partial charge in [0.05, 0.1) is 4.11 Å². The van der Waals surface area contributed by atoms with E-state index in [-0.39, 0.29) is 18.1 Å². The summed E-state index contributed by atoms with van der Waals surface area (Å²) in [6.07, 6.45) is 0. The van der Waals surface area contributed by atoms with Crippen LogP contribution in [-0.4, -0.2) is 0 Å². The van der Waals surface area contributed by atoms with Crippen LogP contribution in [0.5, 0.6) is 0 Å². The van der Waals surface area contributed by atoms with Crippen LogP contribution in [0.15, 0.2) is 174 Å². The fourth-order valence-electron chi connectivity index (χ4n) is 8.67. The molecule has 11 aromatic carbocycles. The zero-order valence-electron chi connectivity index (χ0n) is 30.3. The second-order valence-corrected chi connectivity index (χ2v) is 13.7. The first-order valence-electron chi connectivity index (χ1n) is 18.9. The number of para-hydroxylation sites is 1. The molecule has 12 rings (SSSR count). The number of rotatable bonds is 3. The lowest BCUT2D eigenvalue weighted by Gasteiger charge is -2.18. The third-order valence-electron chi connectivity index (χ3n) is 11.0. The maximum Gasteiger partial charge on any atom is 0.136 e. The Hall–Kier alpha value is -6.70. The summed E-state index contributed by atoms with van der Waals surface area (Å²) in [4.78, 5) is 0. The minimum absolute atomic E-state index is 0.164. The molecule has 0 aliphatic carbocycles. The van der Waals surface area contributed by atoms with Crippen molar-refractivity contribution in [3.63, 3.8) is 0 Å². The molecule has 0 amide bonds. The maximum atomic E-state index is 10.1. The summed E-state index contributed by atoms with van der Waals surface area (Å²) in [6.45, 7) is 0. The highest BCUT2D eigenvalue weighted by molar-refractivity contribution is 6.27. The molecule has 0 bridgehead atoms. The monoisotopic (exact) mass is 647 g/mol. The average Bonchev–Trinajstić information content (AvgIpc) is 3.58. The fourth-order valence-corrected chi connectivity index (χ4v) is 8.67. The molecule has 1 nitrogen and oxygen atoms in total. The molecule has 0 radical (unpaired) electrons. The predicted octanol–water partition coefficient (Wildman–Crippen LogP) is 14.4. The van der Waals surface area contributed by atoms with Gasteiger partial charge in [0.1, 0.15) is 11.2 Å².